The molecule has 1 fully saturated rings. The van der Waals surface area contributed by atoms with Gasteiger partial charge in [0, 0.05) is 54.8 Å². The largest absolute Gasteiger partial charge is 0.368 e. The van der Waals surface area contributed by atoms with Crippen LogP contribution in [0.2, 0.25) is 0 Å². The molecular weight excluding hydrogens is 485 g/mol. The van der Waals surface area contributed by atoms with Crippen molar-refractivity contribution >= 4 is 52.3 Å². The van der Waals surface area contributed by atoms with Gasteiger partial charge in [0.15, 0.2) is 0 Å². The van der Waals surface area contributed by atoms with E-state index in [1.807, 2.05) is 24.1 Å². The number of carbonyl (C=O) groups is 1. The first-order chi connectivity index (χ1) is 16.7. The van der Waals surface area contributed by atoms with Crippen LogP contribution in [-0.4, -0.2) is 59.7 Å². The van der Waals surface area contributed by atoms with Crippen LogP contribution in [0.5, 0.6) is 0 Å². The lowest BCUT2D eigenvalue weighted by atomic mass is 10.1. The van der Waals surface area contributed by atoms with Crippen molar-refractivity contribution in [3.8, 4) is 0 Å². The molecule has 0 aliphatic carbocycles. The lowest BCUT2D eigenvalue weighted by Gasteiger charge is -2.37. The van der Waals surface area contributed by atoms with Gasteiger partial charge in [-0.05, 0) is 52.0 Å². The van der Waals surface area contributed by atoms with Gasteiger partial charge < -0.3 is 20.4 Å². The zero-order chi connectivity index (χ0) is 25.3. The Bertz CT molecular complexity index is 1150. The Kier molecular flexibility index (Phi) is 7.54. The third-order valence-electron chi connectivity index (χ3n) is 6.08. The topological polar surface area (TPSA) is 76.6 Å². The molecule has 2 aliphatic heterocycles. The molecule has 2 atom stereocenters. The molecule has 1 aromatic heterocycles. The number of amides is 1. The minimum absolute atomic E-state index is 0.247. The Morgan fingerprint density at radius 2 is 1.83 bits per heavy atom. The maximum atomic E-state index is 13.2. The molecule has 4 rings (SSSR count). The van der Waals surface area contributed by atoms with Crippen LogP contribution in [0, 0.1) is 0 Å². The third kappa shape index (κ3) is 5.39. The minimum atomic E-state index is -0.247. The number of piperazine rings is 1. The third-order valence-corrected chi connectivity index (χ3v) is 6.66. The van der Waals surface area contributed by atoms with Crippen molar-refractivity contribution in [3.05, 3.63) is 57.9 Å². The molecule has 2 aliphatic rings. The first-order valence-corrected chi connectivity index (χ1v) is 12.4. The van der Waals surface area contributed by atoms with Crippen LogP contribution in [0.25, 0.3) is 0 Å². The average molecular weight is 516 g/mol. The highest BCUT2D eigenvalue weighted by Gasteiger charge is 2.33. The first kappa shape index (κ1) is 25.3. The number of halogens is 2. The predicted octanol–water partition coefficient (Wildman–Crippen LogP) is 4.87. The summed E-state index contributed by atoms with van der Waals surface area (Å²) >= 11 is 12.6. The fraction of sp³-hybridized carbons (Fsp3) is 0.400. The second-order valence-electron chi connectivity index (χ2n) is 9.07. The van der Waals surface area contributed by atoms with Gasteiger partial charge in [-0.1, -0.05) is 29.3 Å². The van der Waals surface area contributed by atoms with Crippen LogP contribution in [0.3, 0.4) is 0 Å². The molecular formula is C25H31Cl2N7O. The van der Waals surface area contributed by atoms with Crippen molar-refractivity contribution in [2.45, 2.75) is 39.8 Å². The summed E-state index contributed by atoms with van der Waals surface area (Å²) in [6.45, 7) is 10.1. The highest BCUT2D eigenvalue weighted by molar-refractivity contribution is 6.35. The van der Waals surface area contributed by atoms with E-state index >= 15 is 0 Å². The molecule has 3 heterocycles. The Labute approximate surface area is 216 Å². The fourth-order valence-corrected chi connectivity index (χ4v) is 5.07. The van der Waals surface area contributed by atoms with Crippen molar-refractivity contribution in [1.29, 1.82) is 0 Å². The number of nitrogens with zero attached hydrogens (tertiary/aromatic N) is 5. The maximum absolute atomic E-state index is 13.2. The number of benzene rings is 1. The molecule has 0 bridgehead atoms. The number of hydrogen-bond acceptors (Lipinski definition) is 7. The van der Waals surface area contributed by atoms with Crippen molar-refractivity contribution < 1.29 is 4.79 Å². The number of allylic oxidation sites excluding steroid dienone is 3. The molecule has 1 amide bonds. The predicted molar refractivity (Wildman–Crippen MR) is 144 cm³/mol. The normalized spacial score (nSPS) is 21.6. The number of nitrogens with one attached hydrogen (secondary N) is 2. The molecule has 0 spiro atoms. The van der Waals surface area contributed by atoms with Crippen LogP contribution < -0.4 is 20.4 Å². The van der Waals surface area contributed by atoms with Crippen LogP contribution in [0.4, 0.5) is 23.1 Å². The van der Waals surface area contributed by atoms with Crippen molar-refractivity contribution in [2.24, 2.45) is 0 Å². The first-order valence-electron chi connectivity index (χ1n) is 11.6. The van der Waals surface area contributed by atoms with Gasteiger partial charge in [-0.2, -0.15) is 4.98 Å². The van der Waals surface area contributed by atoms with E-state index in [1.54, 1.807) is 24.8 Å². The molecule has 2 N–H and O–H groups in total. The smallest absolute Gasteiger partial charge is 0.265 e. The van der Waals surface area contributed by atoms with E-state index in [-0.39, 0.29) is 12.6 Å². The molecule has 2 unspecified atom stereocenters. The summed E-state index contributed by atoms with van der Waals surface area (Å²) in [5.41, 5.74) is 2.93. The van der Waals surface area contributed by atoms with Gasteiger partial charge in [0.1, 0.15) is 11.4 Å². The Morgan fingerprint density at radius 1 is 1.17 bits per heavy atom. The summed E-state index contributed by atoms with van der Waals surface area (Å²) in [4.78, 5) is 28.1. The molecule has 1 saturated heterocycles. The summed E-state index contributed by atoms with van der Waals surface area (Å²) < 4.78 is 0. The van der Waals surface area contributed by atoms with E-state index in [2.05, 4.69) is 51.5 Å². The van der Waals surface area contributed by atoms with E-state index in [0.717, 1.165) is 18.8 Å². The van der Waals surface area contributed by atoms with Crippen molar-refractivity contribution in [1.82, 2.24) is 20.2 Å². The Hall–Kier alpha value is -2.81. The van der Waals surface area contributed by atoms with Crippen LogP contribution in [-0.2, 0) is 0 Å². The number of hydrogen-bond donors (Lipinski definition) is 2. The standard InChI is InChI=1S/C25H31Cl2N7O/c1-6-21(27)22(17(4)26)34-14-32(5)23-20(24(34)35)11-28-25(31-23)30-18-7-9-19(10-8-18)33-12-15(2)29-16(3)13-33/h6-11,15-16,29H,12-14H2,1-5H3,(H,28,30,31). The zero-order valence-electron chi connectivity index (χ0n) is 20.6. The van der Waals surface area contributed by atoms with Crippen molar-refractivity contribution in [3.63, 3.8) is 0 Å². The van der Waals surface area contributed by atoms with Gasteiger partial charge in [-0.15, -0.1) is 0 Å². The van der Waals surface area contributed by atoms with Crippen LogP contribution in [0.1, 0.15) is 38.1 Å². The minimum Gasteiger partial charge on any atom is -0.368 e. The van der Waals surface area contributed by atoms with E-state index < -0.39 is 0 Å². The molecule has 1 aromatic carbocycles. The zero-order valence-corrected chi connectivity index (χ0v) is 22.2. The second-order valence-corrected chi connectivity index (χ2v) is 10.0. The number of anilines is 4. The Morgan fingerprint density at radius 3 is 2.43 bits per heavy atom. The summed E-state index contributed by atoms with van der Waals surface area (Å²) in [5, 5.41) is 7.66. The number of rotatable bonds is 5. The van der Waals surface area contributed by atoms with E-state index in [9.17, 15) is 4.79 Å². The maximum Gasteiger partial charge on any atom is 0.265 e. The molecule has 0 radical (unpaired) electrons. The molecule has 0 saturated carbocycles. The lowest BCUT2D eigenvalue weighted by Crippen LogP contribution is -2.54. The van der Waals surface area contributed by atoms with Gasteiger partial charge >= 0.3 is 0 Å². The van der Waals surface area contributed by atoms with E-state index in [1.165, 1.54) is 11.9 Å². The van der Waals surface area contributed by atoms with Crippen LogP contribution >= 0.6 is 23.2 Å². The number of aromatic nitrogens is 2. The molecule has 8 nitrogen and oxygen atoms in total. The van der Waals surface area contributed by atoms with Gasteiger partial charge in [0.2, 0.25) is 5.95 Å². The summed E-state index contributed by atoms with van der Waals surface area (Å²) in [6, 6.07) is 9.14. The average Bonchev–Trinajstić information content (AvgIpc) is 2.82. The monoisotopic (exact) mass is 515 g/mol. The molecule has 2 aromatic rings. The van der Waals surface area contributed by atoms with Gasteiger partial charge in [0.25, 0.3) is 5.91 Å². The molecule has 10 heteroatoms. The van der Waals surface area contributed by atoms with Crippen molar-refractivity contribution in [2.75, 3.05) is 41.9 Å². The molecule has 35 heavy (non-hydrogen) atoms. The SMILES string of the molecule is CC=C(Cl)C(=C(C)Cl)N1CN(C)c2nc(Nc3ccc(N4CC(C)NC(C)C4)cc3)ncc2C1=O. The summed E-state index contributed by atoms with van der Waals surface area (Å²) in [6.07, 6.45) is 3.25. The molecule has 186 valence electrons. The fourth-order valence-electron chi connectivity index (χ4n) is 4.57. The van der Waals surface area contributed by atoms with E-state index in [4.69, 9.17) is 23.2 Å². The van der Waals surface area contributed by atoms with Gasteiger partial charge in [-0.25, -0.2) is 4.98 Å². The lowest BCUT2D eigenvalue weighted by molar-refractivity contribution is 0.0798. The number of carbonyl (C=O) groups excluding carboxylic acids is 1. The number of fused-ring (bicyclic) bond motifs is 1. The van der Waals surface area contributed by atoms with Gasteiger partial charge in [-0.3, -0.25) is 9.69 Å². The van der Waals surface area contributed by atoms with E-state index in [0.29, 0.717) is 45.2 Å². The van der Waals surface area contributed by atoms with Crippen LogP contribution in [0.15, 0.2) is 52.3 Å². The Balaban J connectivity index is 1.52. The summed E-state index contributed by atoms with van der Waals surface area (Å²) in [7, 11) is 1.87. The highest BCUT2D eigenvalue weighted by atomic mass is 35.5. The van der Waals surface area contributed by atoms with Gasteiger partial charge in [0.05, 0.1) is 17.4 Å². The summed E-state index contributed by atoms with van der Waals surface area (Å²) in [5.74, 6) is 0.723. The highest BCUT2D eigenvalue weighted by Crippen LogP contribution is 2.33. The second kappa shape index (κ2) is 10.4. The quantitative estimate of drug-likeness (QED) is 0.550.